The number of hydrogen-bond donors (Lipinski definition) is 1. The minimum atomic E-state index is -3.84. The summed E-state index contributed by atoms with van der Waals surface area (Å²) in [6, 6.07) is 16.1. The smallest absolute Gasteiger partial charge is 0.244 e. The topological polar surface area (TPSA) is 66.1 Å². The molecule has 5 rings (SSSR count). The van der Waals surface area contributed by atoms with Gasteiger partial charge in [-0.15, -0.1) is 0 Å². The third-order valence-corrected chi connectivity index (χ3v) is 7.29. The third kappa shape index (κ3) is 2.94. The number of para-hydroxylation sites is 1. The molecule has 29 heavy (non-hydrogen) atoms. The Bertz CT molecular complexity index is 1280. The lowest BCUT2D eigenvalue weighted by atomic mass is 9.95. The standard InChI is InChI=1S/C22H18FN3O2S/c23-16-7-9-17(10-8-16)29(27,28)26-13-11-19-18-5-1-2-6-20(18)25-21(19)22(26)15-4-3-12-24-14-15/h1-10,12,14,22,25H,11,13H2/t22-/m1/s1. The molecule has 0 bridgehead atoms. The highest BCUT2D eigenvalue weighted by Crippen LogP contribution is 2.40. The van der Waals surface area contributed by atoms with Crippen molar-refractivity contribution in [1.29, 1.82) is 0 Å². The number of benzene rings is 2. The van der Waals surface area contributed by atoms with Crippen molar-refractivity contribution in [2.45, 2.75) is 17.4 Å². The van der Waals surface area contributed by atoms with Crippen LogP contribution in [0.2, 0.25) is 0 Å². The number of pyridine rings is 1. The molecule has 5 nitrogen and oxygen atoms in total. The van der Waals surface area contributed by atoms with Crippen LogP contribution in [0.4, 0.5) is 4.39 Å². The molecule has 0 radical (unpaired) electrons. The molecule has 0 unspecified atom stereocenters. The first-order valence-corrected chi connectivity index (χ1v) is 10.8. The number of nitrogens with zero attached hydrogens (tertiary/aromatic N) is 2. The van der Waals surface area contributed by atoms with Gasteiger partial charge in [0.1, 0.15) is 5.82 Å². The number of fused-ring (bicyclic) bond motifs is 3. The van der Waals surface area contributed by atoms with Gasteiger partial charge in [-0.25, -0.2) is 12.8 Å². The Balaban J connectivity index is 1.70. The lowest BCUT2D eigenvalue weighted by Crippen LogP contribution is -2.40. The summed E-state index contributed by atoms with van der Waals surface area (Å²) in [4.78, 5) is 7.71. The Labute approximate surface area is 167 Å². The Morgan fingerprint density at radius 2 is 1.83 bits per heavy atom. The van der Waals surface area contributed by atoms with E-state index in [1.54, 1.807) is 18.5 Å². The summed E-state index contributed by atoms with van der Waals surface area (Å²) < 4.78 is 41.8. The van der Waals surface area contributed by atoms with E-state index in [-0.39, 0.29) is 4.90 Å². The lowest BCUT2D eigenvalue weighted by molar-refractivity contribution is 0.340. The minimum Gasteiger partial charge on any atom is -0.357 e. The van der Waals surface area contributed by atoms with Crippen LogP contribution in [0.5, 0.6) is 0 Å². The molecule has 2 aromatic heterocycles. The molecule has 0 spiro atoms. The molecule has 0 saturated carbocycles. The number of aromatic amines is 1. The highest BCUT2D eigenvalue weighted by Gasteiger charge is 2.39. The van der Waals surface area contributed by atoms with Crippen molar-refractivity contribution >= 4 is 20.9 Å². The zero-order valence-electron chi connectivity index (χ0n) is 15.4. The van der Waals surface area contributed by atoms with Crippen LogP contribution in [0, 0.1) is 5.82 Å². The van der Waals surface area contributed by atoms with Crippen LogP contribution in [0.1, 0.15) is 22.9 Å². The fourth-order valence-electron chi connectivity index (χ4n) is 4.09. The molecule has 1 N–H and O–H groups in total. The van der Waals surface area contributed by atoms with Crippen molar-refractivity contribution in [1.82, 2.24) is 14.3 Å². The molecule has 0 amide bonds. The average molecular weight is 407 g/mol. The van der Waals surface area contributed by atoms with Gasteiger partial charge in [0.05, 0.1) is 10.9 Å². The predicted octanol–water partition coefficient (Wildman–Crippen LogP) is 4.04. The first-order chi connectivity index (χ1) is 14.1. The number of H-pyrrole nitrogens is 1. The van der Waals surface area contributed by atoms with Gasteiger partial charge in [-0.3, -0.25) is 4.98 Å². The van der Waals surface area contributed by atoms with Gasteiger partial charge in [-0.05, 0) is 53.9 Å². The van der Waals surface area contributed by atoms with E-state index in [2.05, 4.69) is 16.0 Å². The van der Waals surface area contributed by atoms with Gasteiger partial charge in [-0.2, -0.15) is 4.31 Å². The van der Waals surface area contributed by atoms with Crippen LogP contribution < -0.4 is 0 Å². The molecule has 146 valence electrons. The second-order valence-corrected chi connectivity index (χ2v) is 8.96. The number of rotatable bonds is 3. The molecule has 3 heterocycles. The van der Waals surface area contributed by atoms with Crippen LogP contribution in [0.15, 0.2) is 78.0 Å². The summed E-state index contributed by atoms with van der Waals surface area (Å²) in [5.41, 5.74) is 3.74. The zero-order chi connectivity index (χ0) is 20.0. The van der Waals surface area contributed by atoms with Gasteiger partial charge in [-0.1, -0.05) is 24.3 Å². The van der Waals surface area contributed by atoms with E-state index in [1.807, 2.05) is 24.3 Å². The Morgan fingerprint density at radius 3 is 2.59 bits per heavy atom. The van der Waals surface area contributed by atoms with Gasteiger partial charge in [0.15, 0.2) is 0 Å². The van der Waals surface area contributed by atoms with E-state index < -0.39 is 21.9 Å². The van der Waals surface area contributed by atoms with Crippen molar-refractivity contribution < 1.29 is 12.8 Å². The van der Waals surface area contributed by atoms with Crippen LogP contribution in [0.3, 0.4) is 0 Å². The Morgan fingerprint density at radius 1 is 1.03 bits per heavy atom. The van der Waals surface area contributed by atoms with Gasteiger partial charge in [0.25, 0.3) is 0 Å². The van der Waals surface area contributed by atoms with Gasteiger partial charge < -0.3 is 4.98 Å². The van der Waals surface area contributed by atoms with E-state index in [4.69, 9.17) is 0 Å². The highest BCUT2D eigenvalue weighted by molar-refractivity contribution is 7.89. The van der Waals surface area contributed by atoms with Crippen LogP contribution in [-0.2, 0) is 16.4 Å². The average Bonchev–Trinajstić information content (AvgIpc) is 3.13. The second kappa shape index (κ2) is 6.79. The SMILES string of the molecule is O=S(=O)(c1ccc(F)cc1)N1CCc2c([nH]c3ccccc23)[C@H]1c1cccnc1. The molecule has 1 atom stereocenters. The van der Waals surface area contributed by atoms with Crippen molar-refractivity contribution in [2.24, 2.45) is 0 Å². The monoisotopic (exact) mass is 407 g/mol. The second-order valence-electron chi connectivity index (χ2n) is 7.07. The zero-order valence-corrected chi connectivity index (χ0v) is 16.2. The van der Waals surface area contributed by atoms with Crippen molar-refractivity contribution in [3.63, 3.8) is 0 Å². The van der Waals surface area contributed by atoms with Gasteiger partial charge >= 0.3 is 0 Å². The molecule has 0 saturated heterocycles. The third-order valence-electron chi connectivity index (χ3n) is 5.41. The summed E-state index contributed by atoms with van der Waals surface area (Å²) in [5, 5.41) is 1.11. The molecule has 0 aliphatic carbocycles. The molecule has 1 aliphatic heterocycles. The normalized spacial score (nSPS) is 17.3. The number of nitrogens with one attached hydrogen (secondary N) is 1. The Kier molecular flexibility index (Phi) is 4.22. The van der Waals surface area contributed by atoms with Crippen LogP contribution in [-0.4, -0.2) is 29.2 Å². The van der Waals surface area contributed by atoms with Gasteiger partial charge in [0.2, 0.25) is 10.0 Å². The summed E-state index contributed by atoms with van der Waals surface area (Å²) in [7, 11) is -3.84. The fraction of sp³-hybridized carbons (Fsp3) is 0.136. The number of hydrogen-bond acceptors (Lipinski definition) is 3. The summed E-state index contributed by atoms with van der Waals surface area (Å²) in [6.07, 6.45) is 3.95. The van der Waals surface area contributed by atoms with E-state index in [0.29, 0.717) is 13.0 Å². The number of aromatic nitrogens is 2. The van der Waals surface area contributed by atoms with Crippen molar-refractivity contribution in [3.05, 3.63) is 95.7 Å². The van der Waals surface area contributed by atoms with E-state index >= 15 is 0 Å². The largest absolute Gasteiger partial charge is 0.357 e. The van der Waals surface area contributed by atoms with E-state index in [9.17, 15) is 12.8 Å². The molecule has 4 aromatic rings. The number of sulfonamides is 1. The molecular weight excluding hydrogens is 389 g/mol. The van der Waals surface area contributed by atoms with Crippen molar-refractivity contribution in [3.8, 4) is 0 Å². The quantitative estimate of drug-likeness (QED) is 0.557. The van der Waals surface area contributed by atoms with E-state index in [0.717, 1.165) is 27.7 Å². The van der Waals surface area contributed by atoms with E-state index in [1.165, 1.54) is 28.6 Å². The van der Waals surface area contributed by atoms with Crippen LogP contribution in [0.25, 0.3) is 10.9 Å². The highest BCUT2D eigenvalue weighted by atomic mass is 32.2. The molecular formula is C22H18FN3O2S. The predicted molar refractivity (Wildman–Crippen MR) is 108 cm³/mol. The first-order valence-electron chi connectivity index (χ1n) is 9.32. The fourth-order valence-corrected chi connectivity index (χ4v) is 5.68. The number of halogens is 1. The molecule has 1 aliphatic rings. The molecule has 0 fully saturated rings. The van der Waals surface area contributed by atoms with Gasteiger partial charge in [0, 0.05) is 35.5 Å². The summed E-state index contributed by atoms with van der Waals surface area (Å²) in [5.74, 6) is -0.468. The minimum absolute atomic E-state index is 0.0763. The first kappa shape index (κ1) is 18.0. The lowest BCUT2D eigenvalue weighted by Gasteiger charge is -2.35. The maximum absolute atomic E-state index is 13.5. The molecule has 7 heteroatoms. The maximum atomic E-state index is 13.5. The van der Waals surface area contributed by atoms with Crippen molar-refractivity contribution in [2.75, 3.05) is 6.54 Å². The summed E-state index contributed by atoms with van der Waals surface area (Å²) in [6.45, 7) is 0.327. The summed E-state index contributed by atoms with van der Waals surface area (Å²) >= 11 is 0. The Hall–Kier alpha value is -3.03. The molecule has 2 aromatic carbocycles. The van der Waals surface area contributed by atoms with Crippen LogP contribution >= 0.6 is 0 Å². The maximum Gasteiger partial charge on any atom is 0.244 e.